The maximum absolute atomic E-state index is 12.1. The summed E-state index contributed by atoms with van der Waals surface area (Å²) in [6.45, 7) is 2.71. The van der Waals surface area contributed by atoms with Crippen molar-refractivity contribution >= 4 is 5.97 Å². The maximum Gasteiger partial charge on any atom is 0.342 e. The van der Waals surface area contributed by atoms with Crippen molar-refractivity contribution < 1.29 is 44.5 Å². The number of ether oxygens (including phenoxy) is 3. The molecule has 5 N–H and O–H groups in total. The third kappa shape index (κ3) is 4.39. The van der Waals surface area contributed by atoms with Crippen LogP contribution in [0.3, 0.4) is 0 Å². The van der Waals surface area contributed by atoms with E-state index in [4.69, 9.17) is 14.2 Å². The van der Waals surface area contributed by atoms with Crippen LogP contribution < -0.4 is 4.74 Å². The van der Waals surface area contributed by atoms with Gasteiger partial charge >= 0.3 is 5.97 Å². The van der Waals surface area contributed by atoms with Gasteiger partial charge in [-0.2, -0.15) is 0 Å². The summed E-state index contributed by atoms with van der Waals surface area (Å²) in [6.07, 6.45) is -7.83. The molecule has 1 aliphatic rings. The first-order chi connectivity index (χ1) is 11.7. The van der Waals surface area contributed by atoms with E-state index in [-0.39, 0.29) is 23.2 Å². The molecule has 1 aromatic rings. The Balaban J connectivity index is 2.26. The molecule has 0 unspecified atom stereocenters. The number of hydrogen-bond acceptors (Lipinski definition) is 9. The van der Waals surface area contributed by atoms with Gasteiger partial charge in [0.25, 0.3) is 0 Å². The highest BCUT2D eigenvalue weighted by atomic mass is 16.7. The van der Waals surface area contributed by atoms with Crippen molar-refractivity contribution in [2.75, 3.05) is 6.61 Å². The largest absolute Gasteiger partial charge is 0.508 e. The van der Waals surface area contributed by atoms with Gasteiger partial charge in [-0.15, -0.1) is 0 Å². The van der Waals surface area contributed by atoms with E-state index < -0.39 is 43.3 Å². The molecule has 0 radical (unpaired) electrons. The monoisotopic (exact) mass is 358 g/mol. The molecule has 1 aliphatic heterocycles. The molecule has 25 heavy (non-hydrogen) atoms. The van der Waals surface area contributed by atoms with Gasteiger partial charge in [0, 0.05) is 6.07 Å². The Bertz CT molecular complexity index is 601. The van der Waals surface area contributed by atoms with Crippen LogP contribution in [0.5, 0.6) is 11.5 Å². The number of esters is 1. The van der Waals surface area contributed by atoms with Crippen LogP contribution in [-0.2, 0) is 9.47 Å². The number of carbonyl (C=O) groups is 1. The van der Waals surface area contributed by atoms with Crippen molar-refractivity contribution in [2.24, 2.45) is 0 Å². The number of aromatic hydroxyl groups is 1. The van der Waals surface area contributed by atoms with E-state index in [0.717, 1.165) is 6.07 Å². The summed E-state index contributed by atoms with van der Waals surface area (Å²) in [5.74, 6) is -1.06. The first-order valence-corrected chi connectivity index (χ1v) is 7.75. The highest BCUT2D eigenvalue weighted by Gasteiger charge is 2.45. The van der Waals surface area contributed by atoms with Crippen LogP contribution in [0.15, 0.2) is 18.2 Å². The fourth-order valence-electron chi connectivity index (χ4n) is 2.34. The SMILES string of the molecule is CC(C)OC(=O)c1ccc(O)cc1O[C@@H]1O[C@H](CO)[C@@H](O)[C@H](O)[C@H]1O. The highest BCUT2D eigenvalue weighted by Crippen LogP contribution is 2.30. The normalized spacial score (nSPS) is 29.5. The molecular weight excluding hydrogens is 336 g/mol. The summed E-state index contributed by atoms with van der Waals surface area (Å²) < 4.78 is 15.7. The quantitative estimate of drug-likeness (QED) is 0.424. The van der Waals surface area contributed by atoms with Crippen LogP contribution in [0.4, 0.5) is 0 Å². The van der Waals surface area contributed by atoms with E-state index >= 15 is 0 Å². The molecule has 0 saturated carbocycles. The topological polar surface area (TPSA) is 146 Å². The molecule has 1 saturated heterocycles. The summed E-state index contributed by atoms with van der Waals surface area (Å²) in [4.78, 5) is 12.1. The molecule has 0 aromatic heterocycles. The molecule has 9 heteroatoms. The van der Waals surface area contributed by atoms with Gasteiger partial charge in [0.15, 0.2) is 0 Å². The lowest BCUT2D eigenvalue weighted by Crippen LogP contribution is -2.60. The minimum Gasteiger partial charge on any atom is -0.508 e. The molecule has 1 heterocycles. The van der Waals surface area contributed by atoms with E-state index in [9.17, 15) is 30.3 Å². The lowest BCUT2D eigenvalue weighted by molar-refractivity contribution is -0.277. The highest BCUT2D eigenvalue weighted by molar-refractivity contribution is 5.92. The Hall–Kier alpha value is -1.91. The maximum atomic E-state index is 12.1. The third-order valence-corrected chi connectivity index (χ3v) is 3.62. The predicted octanol–water partition coefficient (Wildman–Crippen LogP) is -0.864. The van der Waals surface area contributed by atoms with Gasteiger partial charge < -0.3 is 39.7 Å². The zero-order chi connectivity index (χ0) is 18.7. The molecule has 0 amide bonds. The van der Waals surface area contributed by atoms with Crippen LogP contribution in [0.25, 0.3) is 0 Å². The van der Waals surface area contributed by atoms with Gasteiger partial charge in [-0.05, 0) is 26.0 Å². The number of phenolic OH excluding ortho intramolecular Hbond substituents is 1. The van der Waals surface area contributed by atoms with Crippen LogP contribution >= 0.6 is 0 Å². The smallest absolute Gasteiger partial charge is 0.342 e. The minimum atomic E-state index is -1.64. The first-order valence-electron chi connectivity index (χ1n) is 7.75. The average Bonchev–Trinajstić information content (AvgIpc) is 2.54. The molecule has 1 aromatic carbocycles. The number of phenols is 1. The van der Waals surface area contributed by atoms with Crippen molar-refractivity contribution in [1.82, 2.24) is 0 Å². The first kappa shape index (κ1) is 19.4. The Kier molecular flexibility index (Phi) is 6.20. The zero-order valence-electron chi connectivity index (χ0n) is 13.8. The summed E-state index contributed by atoms with van der Waals surface area (Å²) in [5.41, 5.74) is -0.0246. The second-order valence-corrected chi connectivity index (χ2v) is 5.95. The Morgan fingerprint density at radius 2 is 1.88 bits per heavy atom. The lowest BCUT2D eigenvalue weighted by atomic mass is 9.99. The molecule has 1 fully saturated rings. The number of benzene rings is 1. The number of aliphatic hydroxyl groups excluding tert-OH is 4. The van der Waals surface area contributed by atoms with Crippen LogP contribution in [0.1, 0.15) is 24.2 Å². The van der Waals surface area contributed by atoms with E-state index in [2.05, 4.69) is 0 Å². The fourth-order valence-corrected chi connectivity index (χ4v) is 2.34. The molecule has 9 nitrogen and oxygen atoms in total. The molecule has 0 bridgehead atoms. The van der Waals surface area contributed by atoms with Crippen molar-refractivity contribution in [3.8, 4) is 11.5 Å². The fraction of sp³-hybridized carbons (Fsp3) is 0.562. The second-order valence-electron chi connectivity index (χ2n) is 5.95. The van der Waals surface area contributed by atoms with Crippen molar-refractivity contribution in [1.29, 1.82) is 0 Å². The van der Waals surface area contributed by atoms with Gasteiger partial charge in [-0.3, -0.25) is 0 Å². The standard InChI is InChI=1S/C16H22O9/c1-7(2)23-15(22)9-4-3-8(18)5-10(9)24-16-14(21)13(20)12(19)11(6-17)25-16/h3-5,7,11-14,16-21H,6H2,1-2H3/t11-,12-,13+,14-,16-/m1/s1. The van der Waals surface area contributed by atoms with E-state index in [1.165, 1.54) is 12.1 Å². The van der Waals surface area contributed by atoms with Crippen molar-refractivity contribution in [3.63, 3.8) is 0 Å². The molecule has 2 rings (SSSR count). The molecule has 0 spiro atoms. The Morgan fingerprint density at radius 3 is 2.48 bits per heavy atom. The zero-order valence-corrected chi connectivity index (χ0v) is 13.8. The molecule has 0 aliphatic carbocycles. The third-order valence-electron chi connectivity index (χ3n) is 3.62. The average molecular weight is 358 g/mol. The second kappa shape index (κ2) is 7.98. The van der Waals surface area contributed by atoms with Crippen LogP contribution in [-0.4, -0.2) is 74.9 Å². The lowest BCUT2D eigenvalue weighted by Gasteiger charge is -2.39. The van der Waals surface area contributed by atoms with Crippen molar-refractivity contribution in [3.05, 3.63) is 23.8 Å². The summed E-state index contributed by atoms with van der Waals surface area (Å²) in [6, 6.07) is 3.66. The summed E-state index contributed by atoms with van der Waals surface area (Å²) in [7, 11) is 0. The summed E-state index contributed by atoms with van der Waals surface area (Å²) in [5, 5.41) is 48.4. The minimum absolute atomic E-state index is 0.0246. The van der Waals surface area contributed by atoms with Gasteiger partial charge in [0.05, 0.1) is 12.7 Å². The van der Waals surface area contributed by atoms with Crippen molar-refractivity contribution in [2.45, 2.75) is 50.7 Å². The number of carbonyl (C=O) groups excluding carboxylic acids is 1. The van der Waals surface area contributed by atoms with E-state index in [0.29, 0.717) is 0 Å². The van der Waals surface area contributed by atoms with Gasteiger partial charge in [-0.25, -0.2) is 4.79 Å². The summed E-state index contributed by atoms with van der Waals surface area (Å²) >= 11 is 0. The van der Waals surface area contributed by atoms with Gasteiger partial charge in [0.2, 0.25) is 6.29 Å². The van der Waals surface area contributed by atoms with E-state index in [1.54, 1.807) is 13.8 Å². The number of aliphatic hydroxyl groups is 4. The van der Waals surface area contributed by atoms with Crippen LogP contribution in [0.2, 0.25) is 0 Å². The molecule has 140 valence electrons. The number of hydrogen-bond donors (Lipinski definition) is 5. The Labute approximate surface area is 144 Å². The predicted molar refractivity (Wildman–Crippen MR) is 83.1 cm³/mol. The Morgan fingerprint density at radius 1 is 1.20 bits per heavy atom. The van der Waals surface area contributed by atoms with Gasteiger partial charge in [0.1, 0.15) is 41.5 Å². The number of rotatable bonds is 5. The van der Waals surface area contributed by atoms with Gasteiger partial charge in [-0.1, -0.05) is 0 Å². The molecular formula is C16H22O9. The molecule has 5 atom stereocenters. The van der Waals surface area contributed by atoms with Crippen LogP contribution in [0, 0.1) is 0 Å². The van der Waals surface area contributed by atoms with E-state index in [1.807, 2.05) is 0 Å².